The highest BCUT2D eigenvalue weighted by Crippen LogP contribution is 2.17. The second-order valence-electron chi connectivity index (χ2n) is 6.40. The van der Waals surface area contributed by atoms with Crippen LogP contribution in [0.3, 0.4) is 0 Å². The molecule has 0 aliphatic carbocycles. The van der Waals surface area contributed by atoms with Gasteiger partial charge in [-0.3, -0.25) is 4.79 Å². The minimum Gasteiger partial charge on any atom is -0.467 e. The SMILES string of the molecule is Cc1ccc(C)n1-c1ccc(C(=O)OCC(=O)N(C)Cc2ccco2)cc1. The lowest BCUT2D eigenvalue weighted by Crippen LogP contribution is -2.30. The number of amides is 1. The molecule has 0 N–H and O–H groups in total. The van der Waals surface area contributed by atoms with Gasteiger partial charge < -0.3 is 18.6 Å². The minimum absolute atomic E-state index is 0.296. The number of furan rings is 1. The summed E-state index contributed by atoms with van der Waals surface area (Å²) < 4.78 is 12.4. The van der Waals surface area contributed by atoms with Crippen LogP contribution in [0.15, 0.2) is 59.2 Å². The molecule has 0 aliphatic rings. The molecule has 3 aromatic rings. The molecular formula is C21H22N2O4. The van der Waals surface area contributed by atoms with Gasteiger partial charge in [0, 0.05) is 24.1 Å². The first-order chi connectivity index (χ1) is 13.0. The molecule has 0 atom stereocenters. The van der Waals surface area contributed by atoms with E-state index in [1.807, 2.05) is 38.1 Å². The van der Waals surface area contributed by atoms with Crippen molar-refractivity contribution in [3.8, 4) is 5.69 Å². The number of likely N-dealkylation sites (N-methyl/N-ethyl adjacent to an activating group) is 1. The third kappa shape index (κ3) is 4.28. The third-order valence-electron chi connectivity index (χ3n) is 4.36. The highest BCUT2D eigenvalue weighted by atomic mass is 16.5. The molecule has 6 heteroatoms. The van der Waals surface area contributed by atoms with E-state index in [1.54, 1.807) is 37.6 Å². The van der Waals surface area contributed by atoms with Crippen LogP contribution in [0.25, 0.3) is 5.69 Å². The summed E-state index contributed by atoms with van der Waals surface area (Å²) >= 11 is 0. The van der Waals surface area contributed by atoms with Crippen molar-refractivity contribution >= 4 is 11.9 Å². The Balaban J connectivity index is 1.57. The van der Waals surface area contributed by atoms with E-state index in [-0.39, 0.29) is 12.5 Å². The molecule has 0 bridgehead atoms. The summed E-state index contributed by atoms with van der Waals surface area (Å²) in [4.78, 5) is 25.7. The van der Waals surface area contributed by atoms with Gasteiger partial charge in [0.15, 0.2) is 6.61 Å². The van der Waals surface area contributed by atoms with E-state index >= 15 is 0 Å². The van der Waals surface area contributed by atoms with Gasteiger partial charge in [-0.05, 0) is 62.4 Å². The van der Waals surface area contributed by atoms with Crippen molar-refractivity contribution in [2.75, 3.05) is 13.7 Å². The van der Waals surface area contributed by atoms with Crippen LogP contribution in [0.5, 0.6) is 0 Å². The zero-order valence-corrected chi connectivity index (χ0v) is 15.6. The Labute approximate surface area is 158 Å². The Kier molecular flexibility index (Phi) is 5.45. The number of ether oxygens (including phenoxy) is 1. The first-order valence-corrected chi connectivity index (χ1v) is 8.64. The van der Waals surface area contributed by atoms with Crippen molar-refractivity contribution in [1.29, 1.82) is 0 Å². The molecule has 0 fully saturated rings. The standard InChI is InChI=1S/C21H22N2O4/c1-15-6-7-16(2)23(15)18-10-8-17(9-11-18)21(25)27-14-20(24)22(3)13-19-5-4-12-26-19/h4-12H,13-14H2,1-3H3. The monoisotopic (exact) mass is 366 g/mol. The summed E-state index contributed by atoms with van der Waals surface area (Å²) in [6.07, 6.45) is 1.55. The van der Waals surface area contributed by atoms with Gasteiger partial charge in [0.1, 0.15) is 5.76 Å². The lowest BCUT2D eigenvalue weighted by atomic mass is 10.2. The van der Waals surface area contributed by atoms with Crippen molar-refractivity contribution < 1.29 is 18.7 Å². The summed E-state index contributed by atoms with van der Waals surface area (Å²) in [5.74, 6) is -0.152. The van der Waals surface area contributed by atoms with Gasteiger partial charge in [-0.2, -0.15) is 0 Å². The normalized spacial score (nSPS) is 10.6. The highest BCUT2D eigenvalue weighted by Gasteiger charge is 2.15. The number of aryl methyl sites for hydroxylation is 2. The van der Waals surface area contributed by atoms with Crippen molar-refractivity contribution in [3.05, 3.63) is 77.5 Å². The fraction of sp³-hybridized carbons (Fsp3) is 0.238. The van der Waals surface area contributed by atoms with E-state index in [0.29, 0.717) is 17.9 Å². The lowest BCUT2D eigenvalue weighted by molar-refractivity contribution is -0.133. The second-order valence-corrected chi connectivity index (χ2v) is 6.40. The fourth-order valence-electron chi connectivity index (χ4n) is 2.87. The number of hydrogen-bond acceptors (Lipinski definition) is 4. The van der Waals surface area contributed by atoms with Crippen molar-refractivity contribution in [2.24, 2.45) is 0 Å². The summed E-state index contributed by atoms with van der Waals surface area (Å²) in [6, 6.07) is 14.8. The van der Waals surface area contributed by atoms with Gasteiger partial charge in [0.2, 0.25) is 0 Å². The predicted octanol–water partition coefficient (Wildman–Crippen LogP) is 3.50. The van der Waals surface area contributed by atoms with Crippen molar-refractivity contribution in [2.45, 2.75) is 20.4 Å². The molecule has 0 saturated heterocycles. The van der Waals surface area contributed by atoms with Crippen LogP contribution in [0.1, 0.15) is 27.5 Å². The highest BCUT2D eigenvalue weighted by molar-refractivity contribution is 5.91. The lowest BCUT2D eigenvalue weighted by Gasteiger charge is -2.15. The summed E-state index contributed by atoms with van der Waals surface area (Å²) in [5, 5.41) is 0. The molecule has 0 spiro atoms. The predicted molar refractivity (Wildman–Crippen MR) is 101 cm³/mol. The third-order valence-corrected chi connectivity index (χ3v) is 4.36. The Morgan fingerprint density at radius 3 is 2.30 bits per heavy atom. The van der Waals surface area contributed by atoms with Crippen LogP contribution < -0.4 is 0 Å². The topological polar surface area (TPSA) is 64.7 Å². The molecule has 0 aliphatic heterocycles. The number of aromatic nitrogens is 1. The van der Waals surface area contributed by atoms with E-state index in [2.05, 4.69) is 4.57 Å². The van der Waals surface area contributed by atoms with Crippen LogP contribution in [-0.2, 0) is 16.1 Å². The Bertz CT molecular complexity index is 904. The van der Waals surface area contributed by atoms with E-state index in [1.165, 1.54) is 4.90 Å². The van der Waals surface area contributed by atoms with Crippen LogP contribution in [0.4, 0.5) is 0 Å². The molecule has 27 heavy (non-hydrogen) atoms. The van der Waals surface area contributed by atoms with Crippen LogP contribution in [-0.4, -0.2) is 35.0 Å². The number of rotatable bonds is 6. The van der Waals surface area contributed by atoms with Crippen molar-refractivity contribution in [3.63, 3.8) is 0 Å². The maximum absolute atomic E-state index is 12.2. The summed E-state index contributed by atoms with van der Waals surface area (Å²) in [7, 11) is 1.63. The minimum atomic E-state index is -0.526. The van der Waals surface area contributed by atoms with Gasteiger partial charge >= 0.3 is 5.97 Å². The summed E-state index contributed by atoms with van der Waals surface area (Å²) in [5.41, 5.74) is 3.62. The molecular weight excluding hydrogens is 344 g/mol. The molecule has 0 unspecified atom stereocenters. The molecule has 3 rings (SSSR count). The average Bonchev–Trinajstić information content (AvgIpc) is 3.29. The Hall–Kier alpha value is -3.28. The molecule has 140 valence electrons. The van der Waals surface area contributed by atoms with Crippen molar-refractivity contribution in [1.82, 2.24) is 9.47 Å². The van der Waals surface area contributed by atoms with E-state index < -0.39 is 5.97 Å². The average molecular weight is 366 g/mol. The van der Waals surface area contributed by atoms with Crippen LogP contribution >= 0.6 is 0 Å². The first-order valence-electron chi connectivity index (χ1n) is 8.64. The quantitative estimate of drug-likeness (QED) is 0.626. The van der Waals surface area contributed by atoms with Gasteiger partial charge in [0.25, 0.3) is 5.91 Å². The fourth-order valence-corrected chi connectivity index (χ4v) is 2.87. The molecule has 0 radical (unpaired) electrons. The first kappa shape index (κ1) is 18.5. The Morgan fingerprint density at radius 1 is 1.04 bits per heavy atom. The number of nitrogens with zero attached hydrogens (tertiary/aromatic N) is 2. The molecule has 2 aromatic heterocycles. The second kappa shape index (κ2) is 7.95. The van der Waals surface area contributed by atoms with Gasteiger partial charge in [-0.15, -0.1) is 0 Å². The molecule has 6 nitrogen and oxygen atoms in total. The van der Waals surface area contributed by atoms with Crippen LogP contribution in [0, 0.1) is 13.8 Å². The number of carbonyl (C=O) groups is 2. The number of carbonyl (C=O) groups excluding carboxylic acids is 2. The maximum Gasteiger partial charge on any atom is 0.338 e. The maximum atomic E-state index is 12.2. The number of benzene rings is 1. The van der Waals surface area contributed by atoms with Gasteiger partial charge in [0.05, 0.1) is 18.4 Å². The summed E-state index contributed by atoms with van der Waals surface area (Å²) in [6.45, 7) is 4.07. The van der Waals surface area contributed by atoms with E-state index in [9.17, 15) is 9.59 Å². The smallest absolute Gasteiger partial charge is 0.338 e. The zero-order valence-electron chi connectivity index (χ0n) is 15.6. The largest absolute Gasteiger partial charge is 0.467 e. The molecule has 2 heterocycles. The molecule has 1 amide bonds. The van der Waals surface area contributed by atoms with E-state index in [4.69, 9.17) is 9.15 Å². The zero-order chi connectivity index (χ0) is 19.4. The number of hydrogen-bond donors (Lipinski definition) is 0. The molecule has 0 saturated carbocycles. The van der Waals surface area contributed by atoms with Gasteiger partial charge in [-0.1, -0.05) is 0 Å². The molecule has 1 aromatic carbocycles. The van der Waals surface area contributed by atoms with E-state index in [0.717, 1.165) is 17.1 Å². The Morgan fingerprint density at radius 2 is 1.70 bits per heavy atom. The number of esters is 1. The van der Waals surface area contributed by atoms with Crippen LogP contribution in [0.2, 0.25) is 0 Å². The van der Waals surface area contributed by atoms with Gasteiger partial charge in [-0.25, -0.2) is 4.79 Å².